The molecular formula is C10H19N3S. The maximum absolute atomic E-state index is 4.49. The first-order chi connectivity index (χ1) is 6.86. The van der Waals surface area contributed by atoms with E-state index in [4.69, 9.17) is 0 Å². The molecule has 1 saturated heterocycles. The zero-order chi connectivity index (χ0) is 9.80. The van der Waals surface area contributed by atoms with Crippen LogP contribution in [0.5, 0.6) is 0 Å². The van der Waals surface area contributed by atoms with Crippen LogP contribution in [-0.4, -0.2) is 49.0 Å². The van der Waals surface area contributed by atoms with Gasteiger partial charge in [0, 0.05) is 19.3 Å². The van der Waals surface area contributed by atoms with Crippen molar-refractivity contribution in [3.63, 3.8) is 0 Å². The molecule has 0 amide bonds. The lowest BCUT2D eigenvalue weighted by Gasteiger charge is -2.23. The second-order valence-electron chi connectivity index (χ2n) is 4.11. The molecule has 2 rings (SSSR count). The summed E-state index contributed by atoms with van der Waals surface area (Å²) in [6, 6.07) is 0. The monoisotopic (exact) mass is 213 g/mol. The van der Waals surface area contributed by atoms with E-state index in [1.165, 1.54) is 36.9 Å². The van der Waals surface area contributed by atoms with Gasteiger partial charge < -0.3 is 10.2 Å². The molecule has 2 aliphatic rings. The highest BCUT2D eigenvalue weighted by atomic mass is 32.2. The molecule has 3 nitrogen and oxygen atoms in total. The van der Waals surface area contributed by atoms with Gasteiger partial charge in [-0.15, -0.1) is 0 Å². The van der Waals surface area contributed by atoms with E-state index < -0.39 is 0 Å². The quantitative estimate of drug-likeness (QED) is 0.742. The van der Waals surface area contributed by atoms with Gasteiger partial charge in [-0.3, -0.25) is 4.99 Å². The maximum atomic E-state index is 4.49. The molecule has 80 valence electrons. The van der Waals surface area contributed by atoms with Crippen molar-refractivity contribution < 1.29 is 0 Å². The van der Waals surface area contributed by atoms with Crippen LogP contribution < -0.4 is 5.32 Å². The van der Waals surface area contributed by atoms with Crippen LogP contribution in [0, 0.1) is 5.92 Å². The van der Waals surface area contributed by atoms with Crippen molar-refractivity contribution in [3.05, 3.63) is 0 Å². The third-order valence-corrected chi connectivity index (χ3v) is 4.19. The Balaban J connectivity index is 1.70. The van der Waals surface area contributed by atoms with Gasteiger partial charge in [-0.1, -0.05) is 11.8 Å². The second kappa shape index (κ2) is 5.03. The fourth-order valence-electron chi connectivity index (χ4n) is 1.93. The van der Waals surface area contributed by atoms with E-state index in [9.17, 15) is 0 Å². The number of nitrogens with one attached hydrogen (secondary N) is 1. The standard InChI is InChI=1S/C10H19N3S/c1-13-6-5-12-10(13)14-8-9-3-2-4-11-7-9/h9,11H,2-8H2,1H3. The van der Waals surface area contributed by atoms with Gasteiger partial charge in [-0.2, -0.15) is 0 Å². The molecule has 14 heavy (non-hydrogen) atoms. The van der Waals surface area contributed by atoms with Gasteiger partial charge in [0.1, 0.15) is 0 Å². The van der Waals surface area contributed by atoms with Crippen molar-refractivity contribution in [2.75, 3.05) is 39.0 Å². The number of piperidine rings is 1. The Kier molecular flexibility index (Phi) is 3.70. The number of hydrogen-bond acceptors (Lipinski definition) is 4. The van der Waals surface area contributed by atoms with Gasteiger partial charge in [0.05, 0.1) is 6.54 Å². The highest BCUT2D eigenvalue weighted by Crippen LogP contribution is 2.20. The molecule has 0 aromatic carbocycles. The lowest BCUT2D eigenvalue weighted by Crippen LogP contribution is -2.31. The van der Waals surface area contributed by atoms with Gasteiger partial charge >= 0.3 is 0 Å². The molecule has 0 bridgehead atoms. The SMILES string of the molecule is CN1CCN=C1SCC1CCCNC1. The summed E-state index contributed by atoms with van der Waals surface area (Å²) in [5.74, 6) is 2.08. The molecule has 1 unspecified atom stereocenters. The van der Waals surface area contributed by atoms with Gasteiger partial charge in [0.2, 0.25) is 0 Å². The lowest BCUT2D eigenvalue weighted by atomic mass is 10.0. The summed E-state index contributed by atoms with van der Waals surface area (Å²) >= 11 is 1.93. The van der Waals surface area contributed by atoms with E-state index in [0.29, 0.717) is 0 Å². The van der Waals surface area contributed by atoms with Crippen molar-refractivity contribution >= 4 is 16.9 Å². The van der Waals surface area contributed by atoms with Crippen LogP contribution in [0.25, 0.3) is 0 Å². The molecule has 0 aliphatic carbocycles. The number of aliphatic imine (C=N–C) groups is 1. The van der Waals surface area contributed by atoms with Gasteiger partial charge in [0.25, 0.3) is 0 Å². The lowest BCUT2D eigenvalue weighted by molar-refractivity contribution is 0.410. The molecule has 1 atom stereocenters. The minimum absolute atomic E-state index is 0.852. The Morgan fingerprint density at radius 3 is 3.21 bits per heavy atom. The van der Waals surface area contributed by atoms with Crippen LogP contribution in [0.2, 0.25) is 0 Å². The minimum atomic E-state index is 0.852. The third kappa shape index (κ3) is 2.64. The van der Waals surface area contributed by atoms with Gasteiger partial charge in [-0.05, 0) is 31.8 Å². The third-order valence-electron chi connectivity index (χ3n) is 2.86. The predicted octanol–water partition coefficient (Wildman–Crippen LogP) is 1.02. The molecule has 4 heteroatoms. The van der Waals surface area contributed by atoms with Crippen LogP contribution in [0.3, 0.4) is 0 Å². The average Bonchev–Trinajstić information content (AvgIpc) is 2.63. The summed E-state index contributed by atoms with van der Waals surface area (Å²) in [5, 5.41) is 4.70. The van der Waals surface area contributed by atoms with E-state index in [-0.39, 0.29) is 0 Å². The van der Waals surface area contributed by atoms with Crippen LogP contribution in [-0.2, 0) is 0 Å². The smallest absolute Gasteiger partial charge is 0.159 e. The second-order valence-corrected chi connectivity index (χ2v) is 5.10. The van der Waals surface area contributed by atoms with Crippen molar-refractivity contribution in [2.45, 2.75) is 12.8 Å². The molecule has 1 N–H and O–H groups in total. The fraction of sp³-hybridized carbons (Fsp3) is 0.900. The molecule has 0 spiro atoms. The van der Waals surface area contributed by atoms with E-state index in [0.717, 1.165) is 19.0 Å². The largest absolute Gasteiger partial charge is 0.353 e. The van der Waals surface area contributed by atoms with Crippen LogP contribution in [0.4, 0.5) is 0 Å². The van der Waals surface area contributed by atoms with E-state index in [2.05, 4.69) is 22.3 Å². The molecule has 2 heterocycles. The van der Waals surface area contributed by atoms with Crippen molar-refractivity contribution in [1.29, 1.82) is 0 Å². The Morgan fingerprint density at radius 2 is 2.57 bits per heavy atom. The highest BCUT2D eigenvalue weighted by molar-refractivity contribution is 8.13. The van der Waals surface area contributed by atoms with Gasteiger partial charge in [-0.25, -0.2) is 0 Å². The highest BCUT2D eigenvalue weighted by Gasteiger charge is 2.17. The first kappa shape index (κ1) is 10.3. The molecule has 0 radical (unpaired) electrons. The fourth-order valence-corrected chi connectivity index (χ4v) is 3.09. The summed E-state index contributed by atoms with van der Waals surface area (Å²) < 4.78 is 0. The summed E-state index contributed by atoms with van der Waals surface area (Å²) in [7, 11) is 2.14. The van der Waals surface area contributed by atoms with Gasteiger partial charge in [0.15, 0.2) is 5.17 Å². The van der Waals surface area contributed by atoms with Crippen LogP contribution >= 0.6 is 11.8 Å². The normalized spacial score (nSPS) is 27.9. The maximum Gasteiger partial charge on any atom is 0.159 e. The number of hydrogen-bond donors (Lipinski definition) is 1. The first-order valence-corrected chi connectivity index (χ1v) is 6.44. The number of nitrogens with zero attached hydrogens (tertiary/aromatic N) is 2. The average molecular weight is 213 g/mol. The van der Waals surface area contributed by atoms with Crippen molar-refractivity contribution in [2.24, 2.45) is 10.9 Å². The summed E-state index contributed by atoms with van der Waals surface area (Å²) in [6.07, 6.45) is 2.73. The summed E-state index contributed by atoms with van der Waals surface area (Å²) in [5.41, 5.74) is 0. The van der Waals surface area contributed by atoms with Crippen LogP contribution in [0.1, 0.15) is 12.8 Å². The number of rotatable bonds is 2. The predicted molar refractivity (Wildman–Crippen MR) is 63.0 cm³/mol. The first-order valence-electron chi connectivity index (χ1n) is 5.45. The zero-order valence-corrected chi connectivity index (χ0v) is 9.65. The van der Waals surface area contributed by atoms with Crippen molar-refractivity contribution in [3.8, 4) is 0 Å². The van der Waals surface area contributed by atoms with E-state index in [1.54, 1.807) is 0 Å². The Bertz CT molecular complexity index is 211. The molecule has 1 fully saturated rings. The summed E-state index contributed by atoms with van der Waals surface area (Å²) in [6.45, 7) is 4.50. The topological polar surface area (TPSA) is 27.6 Å². The molecule has 0 aromatic heterocycles. The Morgan fingerprint density at radius 1 is 1.64 bits per heavy atom. The number of amidine groups is 1. The molecule has 0 aromatic rings. The van der Waals surface area contributed by atoms with E-state index >= 15 is 0 Å². The molecular weight excluding hydrogens is 194 g/mol. The minimum Gasteiger partial charge on any atom is -0.353 e. The Labute approximate surface area is 90.3 Å². The Hall–Kier alpha value is -0.220. The molecule has 2 aliphatic heterocycles. The number of thioether (sulfide) groups is 1. The van der Waals surface area contributed by atoms with Crippen LogP contribution in [0.15, 0.2) is 4.99 Å². The number of likely N-dealkylation sites (N-methyl/N-ethyl adjacent to an activating group) is 1. The van der Waals surface area contributed by atoms with E-state index in [1.807, 2.05) is 11.8 Å². The van der Waals surface area contributed by atoms with Crippen molar-refractivity contribution in [1.82, 2.24) is 10.2 Å². The zero-order valence-electron chi connectivity index (χ0n) is 8.83. The molecule has 0 saturated carbocycles. The summed E-state index contributed by atoms with van der Waals surface area (Å²) in [4.78, 5) is 6.75.